The molecule has 1 saturated heterocycles. The van der Waals surface area contributed by atoms with E-state index in [9.17, 15) is 4.79 Å². The number of benzene rings is 2. The molecule has 0 aliphatic carbocycles. The summed E-state index contributed by atoms with van der Waals surface area (Å²) in [4.78, 5) is 15.7. The second-order valence-electron chi connectivity index (χ2n) is 7.95. The third kappa shape index (κ3) is 3.72. The highest BCUT2D eigenvalue weighted by Gasteiger charge is 2.32. The molecule has 2 aliphatic rings. The molecule has 4 rings (SSSR count). The van der Waals surface area contributed by atoms with E-state index in [1.807, 2.05) is 48.5 Å². The Hall–Kier alpha value is -2.33. The SMILES string of the molecule is CC1CCCN(C(C)CNC(=O)C2c3ccccc3Oc3ccccc32)C1. The summed E-state index contributed by atoms with van der Waals surface area (Å²) in [5.41, 5.74) is 1.88. The zero-order chi connectivity index (χ0) is 18.8. The summed E-state index contributed by atoms with van der Waals surface area (Å²) in [6.07, 6.45) is 2.56. The first kappa shape index (κ1) is 18.1. The molecule has 2 aromatic carbocycles. The number of rotatable bonds is 4. The van der Waals surface area contributed by atoms with Crippen LogP contribution in [0.4, 0.5) is 0 Å². The standard InChI is InChI=1S/C23H28N2O2/c1-16-8-7-13-25(15-16)17(2)14-24-23(26)22-18-9-3-5-11-20(18)27-21-12-6-4-10-19(21)22/h3-6,9-12,16-17,22H,7-8,13-15H2,1-2H3,(H,24,26). The lowest BCUT2D eigenvalue weighted by molar-refractivity contribution is -0.122. The minimum atomic E-state index is -0.321. The molecule has 27 heavy (non-hydrogen) atoms. The molecular weight excluding hydrogens is 336 g/mol. The Morgan fingerprint density at radius 2 is 1.78 bits per heavy atom. The van der Waals surface area contributed by atoms with E-state index < -0.39 is 0 Å². The summed E-state index contributed by atoms with van der Waals surface area (Å²) in [6, 6.07) is 16.0. The average Bonchev–Trinajstić information content (AvgIpc) is 2.70. The summed E-state index contributed by atoms with van der Waals surface area (Å²) in [7, 11) is 0. The third-order valence-electron chi connectivity index (χ3n) is 5.83. The first-order valence-electron chi connectivity index (χ1n) is 10.0. The van der Waals surface area contributed by atoms with E-state index in [-0.39, 0.29) is 11.8 Å². The van der Waals surface area contributed by atoms with E-state index in [2.05, 4.69) is 24.1 Å². The molecule has 2 aliphatic heterocycles. The lowest BCUT2D eigenvalue weighted by atomic mass is 9.87. The van der Waals surface area contributed by atoms with Crippen LogP contribution in [0.2, 0.25) is 0 Å². The summed E-state index contributed by atoms with van der Waals surface area (Å²) in [6.45, 7) is 7.45. The van der Waals surface area contributed by atoms with Gasteiger partial charge in [0, 0.05) is 30.3 Å². The highest BCUT2D eigenvalue weighted by Crippen LogP contribution is 2.43. The van der Waals surface area contributed by atoms with Crippen molar-refractivity contribution in [2.24, 2.45) is 5.92 Å². The van der Waals surface area contributed by atoms with Crippen molar-refractivity contribution in [3.05, 3.63) is 59.7 Å². The Bertz CT molecular complexity index is 774. The number of amides is 1. The number of nitrogens with zero attached hydrogens (tertiary/aromatic N) is 1. The molecule has 2 heterocycles. The molecule has 0 bridgehead atoms. The molecule has 1 fully saturated rings. The van der Waals surface area contributed by atoms with Crippen LogP contribution >= 0.6 is 0 Å². The van der Waals surface area contributed by atoms with Gasteiger partial charge in [0.25, 0.3) is 0 Å². The van der Waals surface area contributed by atoms with E-state index in [0.29, 0.717) is 12.6 Å². The maximum Gasteiger partial charge on any atom is 0.232 e. The van der Waals surface area contributed by atoms with Gasteiger partial charge in [-0.2, -0.15) is 0 Å². The van der Waals surface area contributed by atoms with Crippen LogP contribution < -0.4 is 10.1 Å². The molecule has 1 amide bonds. The van der Waals surface area contributed by atoms with Crippen molar-refractivity contribution in [2.75, 3.05) is 19.6 Å². The van der Waals surface area contributed by atoms with E-state index in [1.54, 1.807) is 0 Å². The highest BCUT2D eigenvalue weighted by atomic mass is 16.5. The van der Waals surface area contributed by atoms with Gasteiger partial charge < -0.3 is 10.1 Å². The van der Waals surface area contributed by atoms with Crippen LogP contribution in [0, 0.1) is 5.92 Å². The summed E-state index contributed by atoms with van der Waals surface area (Å²) in [5.74, 6) is 2.02. The van der Waals surface area contributed by atoms with Crippen molar-refractivity contribution in [3.8, 4) is 11.5 Å². The number of hydrogen-bond donors (Lipinski definition) is 1. The van der Waals surface area contributed by atoms with Crippen molar-refractivity contribution < 1.29 is 9.53 Å². The predicted octanol–water partition coefficient (Wildman–Crippen LogP) is 4.16. The number of para-hydroxylation sites is 2. The van der Waals surface area contributed by atoms with Crippen molar-refractivity contribution in [1.82, 2.24) is 10.2 Å². The molecule has 4 nitrogen and oxygen atoms in total. The van der Waals surface area contributed by atoms with Gasteiger partial charge in [0.2, 0.25) is 5.91 Å². The number of piperidine rings is 1. The van der Waals surface area contributed by atoms with Crippen LogP contribution in [-0.2, 0) is 4.79 Å². The van der Waals surface area contributed by atoms with E-state index in [4.69, 9.17) is 4.74 Å². The number of ether oxygens (including phenoxy) is 1. The fourth-order valence-corrected chi connectivity index (χ4v) is 4.30. The van der Waals surface area contributed by atoms with Crippen molar-refractivity contribution in [2.45, 2.75) is 38.6 Å². The van der Waals surface area contributed by atoms with Crippen LogP contribution in [0.25, 0.3) is 0 Å². The zero-order valence-corrected chi connectivity index (χ0v) is 16.2. The molecule has 2 aromatic rings. The quantitative estimate of drug-likeness (QED) is 0.886. The summed E-state index contributed by atoms with van der Waals surface area (Å²) >= 11 is 0. The normalized spacial score (nSPS) is 20.9. The highest BCUT2D eigenvalue weighted by molar-refractivity contribution is 5.89. The predicted molar refractivity (Wildman–Crippen MR) is 107 cm³/mol. The first-order valence-corrected chi connectivity index (χ1v) is 10.0. The fraction of sp³-hybridized carbons (Fsp3) is 0.435. The van der Waals surface area contributed by atoms with Crippen molar-refractivity contribution >= 4 is 5.91 Å². The molecule has 1 N–H and O–H groups in total. The van der Waals surface area contributed by atoms with E-state index >= 15 is 0 Å². The lowest BCUT2D eigenvalue weighted by Crippen LogP contribution is -2.47. The van der Waals surface area contributed by atoms with Gasteiger partial charge in [-0.05, 0) is 44.4 Å². The van der Waals surface area contributed by atoms with Crippen LogP contribution in [-0.4, -0.2) is 36.5 Å². The minimum Gasteiger partial charge on any atom is -0.457 e. The van der Waals surface area contributed by atoms with E-state index in [0.717, 1.165) is 41.6 Å². The number of carbonyl (C=O) groups excluding carboxylic acids is 1. The molecule has 142 valence electrons. The van der Waals surface area contributed by atoms with Crippen LogP contribution in [0.3, 0.4) is 0 Å². The Labute approximate surface area is 161 Å². The first-order chi connectivity index (χ1) is 13.1. The molecule has 0 radical (unpaired) electrons. The summed E-state index contributed by atoms with van der Waals surface area (Å²) in [5, 5.41) is 3.21. The Balaban J connectivity index is 1.50. The second-order valence-corrected chi connectivity index (χ2v) is 7.95. The molecular formula is C23H28N2O2. The summed E-state index contributed by atoms with van der Waals surface area (Å²) < 4.78 is 6.00. The van der Waals surface area contributed by atoms with Gasteiger partial charge in [0.15, 0.2) is 0 Å². The topological polar surface area (TPSA) is 41.6 Å². The minimum absolute atomic E-state index is 0.0510. The van der Waals surface area contributed by atoms with Gasteiger partial charge in [-0.1, -0.05) is 43.3 Å². The van der Waals surface area contributed by atoms with Gasteiger partial charge in [-0.25, -0.2) is 0 Å². The molecule has 2 unspecified atom stereocenters. The molecule has 0 saturated carbocycles. The third-order valence-corrected chi connectivity index (χ3v) is 5.83. The molecule has 2 atom stereocenters. The van der Waals surface area contributed by atoms with Crippen LogP contribution in [0.1, 0.15) is 43.7 Å². The number of hydrogen-bond acceptors (Lipinski definition) is 3. The number of likely N-dealkylation sites (tertiary alicyclic amines) is 1. The zero-order valence-electron chi connectivity index (χ0n) is 16.2. The van der Waals surface area contributed by atoms with Crippen LogP contribution in [0.5, 0.6) is 11.5 Å². The van der Waals surface area contributed by atoms with Gasteiger partial charge in [-0.3, -0.25) is 9.69 Å². The van der Waals surface area contributed by atoms with Crippen molar-refractivity contribution in [3.63, 3.8) is 0 Å². The number of fused-ring (bicyclic) bond motifs is 2. The Morgan fingerprint density at radius 3 is 2.41 bits per heavy atom. The maximum atomic E-state index is 13.2. The fourth-order valence-electron chi connectivity index (χ4n) is 4.30. The Morgan fingerprint density at radius 1 is 1.15 bits per heavy atom. The Kier molecular flexibility index (Phi) is 5.17. The smallest absolute Gasteiger partial charge is 0.232 e. The number of carbonyl (C=O) groups is 1. The van der Waals surface area contributed by atoms with Gasteiger partial charge in [0.05, 0.1) is 5.92 Å². The molecule has 0 spiro atoms. The van der Waals surface area contributed by atoms with Gasteiger partial charge in [-0.15, -0.1) is 0 Å². The van der Waals surface area contributed by atoms with Crippen molar-refractivity contribution in [1.29, 1.82) is 0 Å². The van der Waals surface area contributed by atoms with Gasteiger partial charge in [0.1, 0.15) is 11.5 Å². The maximum absolute atomic E-state index is 13.2. The monoisotopic (exact) mass is 364 g/mol. The van der Waals surface area contributed by atoms with Gasteiger partial charge >= 0.3 is 0 Å². The van der Waals surface area contributed by atoms with E-state index in [1.165, 1.54) is 12.8 Å². The average molecular weight is 364 g/mol. The van der Waals surface area contributed by atoms with Crippen LogP contribution in [0.15, 0.2) is 48.5 Å². The number of nitrogens with one attached hydrogen (secondary N) is 1. The largest absolute Gasteiger partial charge is 0.457 e. The molecule has 4 heteroatoms. The lowest BCUT2D eigenvalue weighted by Gasteiger charge is -2.36. The molecule has 0 aromatic heterocycles. The second kappa shape index (κ2) is 7.73.